The van der Waals surface area contributed by atoms with Crippen molar-refractivity contribution >= 4 is 17.4 Å². The van der Waals surface area contributed by atoms with Gasteiger partial charge in [-0.3, -0.25) is 9.59 Å². The van der Waals surface area contributed by atoms with Crippen LogP contribution in [-0.2, 0) is 11.2 Å². The van der Waals surface area contributed by atoms with Crippen molar-refractivity contribution in [2.24, 2.45) is 0 Å². The number of rotatable bonds is 1. The van der Waals surface area contributed by atoms with Gasteiger partial charge in [0.05, 0.1) is 11.3 Å². The van der Waals surface area contributed by atoms with E-state index in [1.807, 2.05) is 13.0 Å². The van der Waals surface area contributed by atoms with Crippen LogP contribution in [0.1, 0.15) is 22.8 Å². The molecule has 0 saturated carbocycles. The minimum atomic E-state index is -0.518. The van der Waals surface area contributed by atoms with E-state index < -0.39 is 11.7 Å². The average molecular weight is 175 g/mol. The van der Waals surface area contributed by atoms with Crippen molar-refractivity contribution in [1.82, 2.24) is 0 Å². The average Bonchev–Trinajstić information content (AvgIpc) is 2.43. The number of anilines is 1. The van der Waals surface area contributed by atoms with E-state index in [1.165, 1.54) is 0 Å². The molecule has 1 aliphatic heterocycles. The topological polar surface area (TPSA) is 46.2 Å². The first-order valence-corrected chi connectivity index (χ1v) is 4.21. The first-order chi connectivity index (χ1) is 6.24. The van der Waals surface area contributed by atoms with Gasteiger partial charge in [0, 0.05) is 0 Å². The summed E-state index contributed by atoms with van der Waals surface area (Å²) in [5.74, 6) is -0.943. The maximum Gasteiger partial charge on any atom is 0.296 e. The van der Waals surface area contributed by atoms with E-state index in [9.17, 15) is 9.59 Å². The number of ketones is 1. The van der Waals surface area contributed by atoms with E-state index in [1.54, 1.807) is 12.1 Å². The van der Waals surface area contributed by atoms with E-state index in [0.29, 0.717) is 11.3 Å². The molecule has 3 heteroatoms. The number of carbonyl (C=O) groups is 2. The summed E-state index contributed by atoms with van der Waals surface area (Å²) in [6.45, 7) is 1.99. The molecule has 0 radical (unpaired) electrons. The maximum atomic E-state index is 11.3. The Morgan fingerprint density at radius 3 is 2.77 bits per heavy atom. The number of benzene rings is 1. The quantitative estimate of drug-likeness (QED) is 0.655. The molecule has 0 aromatic heterocycles. The summed E-state index contributed by atoms with van der Waals surface area (Å²) in [7, 11) is 0. The fourth-order valence-electron chi connectivity index (χ4n) is 1.52. The molecular formula is C10H9NO2. The zero-order valence-electron chi connectivity index (χ0n) is 7.26. The molecule has 13 heavy (non-hydrogen) atoms. The second kappa shape index (κ2) is 2.69. The van der Waals surface area contributed by atoms with Gasteiger partial charge < -0.3 is 5.32 Å². The van der Waals surface area contributed by atoms with Gasteiger partial charge in [-0.15, -0.1) is 0 Å². The van der Waals surface area contributed by atoms with Crippen LogP contribution in [0.2, 0.25) is 0 Å². The SMILES string of the molecule is CCc1cccc2c1NC(=O)C2=O. The second-order valence-electron chi connectivity index (χ2n) is 2.98. The molecule has 2 rings (SSSR count). The molecule has 1 heterocycles. The summed E-state index contributed by atoms with van der Waals surface area (Å²) in [5.41, 5.74) is 2.21. The molecule has 0 fully saturated rings. The molecule has 0 unspecified atom stereocenters. The molecule has 1 aromatic rings. The zero-order valence-corrected chi connectivity index (χ0v) is 7.26. The van der Waals surface area contributed by atoms with Crippen molar-refractivity contribution in [2.45, 2.75) is 13.3 Å². The fourth-order valence-corrected chi connectivity index (χ4v) is 1.52. The summed E-state index contributed by atoms with van der Waals surface area (Å²) in [4.78, 5) is 22.3. The number of carbonyl (C=O) groups excluding carboxylic acids is 2. The van der Waals surface area contributed by atoms with Crippen LogP contribution in [0.3, 0.4) is 0 Å². The lowest BCUT2D eigenvalue weighted by molar-refractivity contribution is -0.112. The highest BCUT2D eigenvalue weighted by Gasteiger charge is 2.28. The minimum absolute atomic E-state index is 0.426. The number of hydrogen-bond acceptors (Lipinski definition) is 2. The predicted octanol–water partition coefficient (Wildman–Crippen LogP) is 1.38. The molecule has 1 aromatic carbocycles. The number of para-hydroxylation sites is 1. The van der Waals surface area contributed by atoms with Crippen molar-refractivity contribution in [1.29, 1.82) is 0 Å². The lowest BCUT2D eigenvalue weighted by Crippen LogP contribution is -2.12. The van der Waals surface area contributed by atoms with Crippen molar-refractivity contribution in [3.05, 3.63) is 29.3 Å². The number of hydrogen-bond donors (Lipinski definition) is 1. The third-order valence-electron chi connectivity index (χ3n) is 2.22. The molecule has 0 atom stereocenters. The van der Waals surface area contributed by atoms with E-state index in [2.05, 4.69) is 5.32 Å². The Balaban J connectivity index is 2.62. The van der Waals surface area contributed by atoms with Crippen molar-refractivity contribution in [3.63, 3.8) is 0 Å². The highest BCUT2D eigenvalue weighted by Crippen LogP contribution is 2.27. The minimum Gasteiger partial charge on any atom is -0.318 e. The molecular weight excluding hydrogens is 166 g/mol. The van der Waals surface area contributed by atoms with Gasteiger partial charge in [0.15, 0.2) is 0 Å². The van der Waals surface area contributed by atoms with Crippen LogP contribution in [0.4, 0.5) is 5.69 Å². The summed E-state index contributed by atoms with van der Waals surface area (Å²) in [5, 5.41) is 2.58. The smallest absolute Gasteiger partial charge is 0.296 e. The van der Waals surface area contributed by atoms with Gasteiger partial charge in [-0.2, -0.15) is 0 Å². The third kappa shape index (κ3) is 1.04. The van der Waals surface area contributed by atoms with Crippen molar-refractivity contribution < 1.29 is 9.59 Å². The molecule has 0 spiro atoms. The summed E-state index contributed by atoms with van der Waals surface area (Å²) >= 11 is 0. The standard InChI is InChI=1S/C10H9NO2/c1-2-6-4-3-5-7-8(6)11-10(13)9(7)12/h3-5H,2H2,1H3,(H,11,12,13). The first-order valence-electron chi connectivity index (χ1n) is 4.21. The largest absolute Gasteiger partial charge is 0.318 e. The molecule has 0 saturated heterocycles. The second-order valence-corrected chi connectivity index (χ2v) is 2.98. The zero-order chi connectivity index (χ0) is 9.42. The molecule has 1 N–H and O–H groups in total. The van der Waals surface area contributed by atoms with Gasteiger partial charge in [-0.05, 0) is 18.1 Å². The predicted molar refractivity (Wildman–Crippen MR) is 48.8 cm³/mol. The summed E-state index contributed by atoms with van der Waals surface area (Å²) < 4.78 is 0. The van der Waals surface area contributed by atoms with Gasteiger partial charge >= 0.3 is 0 Å². The molecule has 0 aliphatic carbocycles. The number of amides is 1. The van der Waals surface area contributed by atoms with Crippen LogP contribution in [0, 0.1) is 0 Å². The molecule has 1 aliphatic rings. The van der Waals surface area contributed by atoms with Gasteiger partial charge in [0.1, 0.15) is 0 Å². The van der Waals surface area contributed by atoms with Gasteiger partial charge in [0.25, 0.3) is 11.7 Å². The first kappa shape index (κ1) is 7.98. The third-order valence-corrected chi connectivity index (χ3v) is 2.22. The summed E-state index contributed by atoms with van der Waals surface area (Å²) in [6, 6.07) is 5.39. The van der Waals surface area contributed by atoms with Gasteiger partial charge in [-0.1, -0.05) is 19.1 Å². The van der Waals surface area contributed by atoms with Crippen LogP contribution in [0.5, 0.6) is 0 Å². The van der Waals surface area contributed by atoms with Gasteiger partial charge in [0.2, 0.25) is 0 Å². The van der Waals surface area contributed by atoms with Crippen LogP contribution in [0.15, 0.2) is 18.2 Å². The highest BCUT2D eigenvalue weighted by molar-refractivity contribution is 6.51. The Labute approximate surface area is 75.8 Å². The monoisotopic (exact) mass is 175 g/mol. The number of aryl methyl sites for hydroxylation is 1. The van der Waals surface area contributed by atoms with Crippen molar-refractivity contribution in [2.75, 3.05) is 5.32 Å². The van der Waals surface area contributed by atoms with E-state index >= 15 is 0 Å². The number of nitrogens with one attached hydrogen (secondary N) is 1. The fraction of sp³-hybridized carbons (Fsp3) is 0.200. The Bertz CT molecular complexity index is 396. The molecule has 0 bridgehead atoms. The molecule has 1 amide bonds. The Hall–Kier alpha value is -1.64. The van der Waals surface area contributed by atoms with Crippen LogP contribution >= 0.6 is 0 Å². The van der Waals surface area contributed by atoms with E-state index in [4.69, 9.17) is 0 Å². The lowest BCUT2D eigenvalue weighted by Gasteiger charge is -2.02. The number of Topliss-reactive ketones (excluding diaryl/α,β-unsaturated/α-hetero) is 1. The van der Waals surface area contributed by atoms with Crippen LogP contribution < -0.4 is 5.32 Å². The van der Waals surface area contributed by atoms with E-state index in [-0.39, 0.29) is 0 Å². The molecule has 66 valence electrons. The van der Waals surface area contributed by atoms with Crippen LogP contribution in [-0.4, -0.2) is 11.7 Å². The number of fused-ring (bicyclic) bond motifs is 1. The Kier molecular flexibility index (Phi) is 1.65. The molecule has 3 nitrogen and oxygen atoms in total. The highest BCUT2D eigenvalue weighted by atomic mass is 16.2. The Morgan fingerprint density at radius 2 is 2.08 bits per heavy atom. The lowest BCUT2D eigenvalue weighted by atomic mass is 10.1. The normalized spacial score (nSPS) is 14.2. The van der Waals surface area contributed by atoms with Gasteiger partial charge in [-0.25, -0.2) is 0 Å². The van der Waals surface area contributed by atoms with E-state index in [0.717, 1.165) is 12.0 Å². The summed E-state index contributed by atoms with van der Waals surface area (Å²) in [6.07, 6.45) is 0.816. The van der Waals surface area contributed by atoms with Crippen molar-refractivity contribution in [3.8, 4) is 0 Å². The maximum absolute atomic E-state index is 11.3. The Morgan fingerprint density at radius 1 is 1.31 bits per heavy atom. The van der Waals surface area contributed by atoms with Crippen LogP contribution in [0.25, 0.3) is 0 Å².